The molecule has 1 aromatic carbocycles. The van der Waals surface area contributed by atoms with Crippen molar-refractivity contribution in [1.82, 2.24) is 9.97 Å². The second-order valence-corrected chi connectivity index (χ2v) is 5.60. The first-order chi connectivity index (χ1) is 9.45. The maximum absolute atomic E-state index is 5.91. The lowest BCUT2D eigenvalue weighted by atomic mass is 9.98. The quantitative estimate of drug-likeness (QED) is 0.780. The lowest BCUT2D eigenvalue weighted by molar-refractivity contribution is 0.295. The van der Waals surface area contributed by atoms with Gasteiger partial charge in [-0.1, -0.05) is 31.5 Å². The van der Waals surface area contributed by atoms with E-state index < -0.39 is 0 Å². The molecular weight excluding hydrogens is 272 g/mol. The SMILES string of the molecule is Cc1cc(Cl)nc(COc2ccc(C(C)C)c(C)c2)n1. The average molecular weight is 291 g/mol. The highest BCUT2D eigenvalue weighted by atomic mass is 35.5. The van der Waals surface area contributed by atoms with E-state index in [1.54, 1.807) is 6.07 Å². The zero-order valence-corrected chi connectivity index (χ0v) is 13.0. The zero-order valence-electron chi connectivity index (χ0n) is 12.3. The van der Waals surface area contributed by atoms with E-state index in [9.17, 15) is 0 Å². The minimum atomic E-state index is 0.321. The molecule has 20 heavy (non-hydrogen) atoms. The van der Waals surface area contributed by atoms with Crippen molar-refractivity contribution in [2.24, 2.45) is 0 Å². The van der Waals surface area contributed by atoms with Crippen LogP contribution in [0.3, 0.4) is 0 Å². The Labute approximate surface area is 125 Å². The van der Waals surface area contributed by atoms with E-state index in [0.717, 1.165) is 11.4 Å². The molecule has 1 heterocycles. The average Bonchev–Trinajstić information content (AvgIpc) is 2.35. The highest BCUT2D eigenvalue weighted by Gasteiger charge is 2.06. The maximum atomic E-state index is 5.91. The third-order valence-electron chi connectivity index (χ3n) is 3.10. The van der Waals surface area contributed by atoms with Gasteiger partial charge in [0.05, 0.1) is 0 Å². The first-order valence-electron chi connectivity index (χ1n) is 6.69. The predicted octanol–water partition coefficient (Wildman–Crippen LogP) is 4.45. The summed E-state index contributed by atoms with van der Waals surface area (Å²) in [6, 6.07) is 7.87. The van der Waals surface area contributed by atoms with Gasteiger partial charge in [0.1, 0.15) is 17.5 Å². The largest absolute Gasteiger partial charge is 0.486 e. The molecule has 0 spiro atoms. The monoisotopic (exact) mass is 290 g/mol. The summed E-state index contributed by atoms with van der Waals surface area (Å²) in [5.41, 5.74) is 3.42. The fraction of sp³-hybridized carbons (Fsp3) is 0.375. The van der Waals surface area contributed by atoms with Crippen LogP contribution in [0.5, 0.6) is 5.75 Å². The van der Waals surface area contributed by atoms with Gasteiger partial charge in [-0.05, 0) is 49.1 Å². The van der Waals surface area contributed by atoms with Crippen molar-refractivity contribution in [2.45, 2.75) is 40.2 Å². The molecule has 1 aromatic heterocycles. The van der Waals surface area contributed by atoms with Crippen LogP contribution in [0.2, 0.25) is 5.15 Å². The van der Waals surface area contributed by atoms with E-state index in [4.69, 9.17) is 16.3 Å². The van der Waals surface area contributed by atoms with Gasteiger partial charge in [-0.2, -0.15) is 0 Å². The first-order valence-corrected chi connectivity index (χ1v) is 7.07. The number of aryl methyl sites for hydroxylation is 2. The van der Waals surface area contributed by atoms with E-state index in [0.29, 0.717) is 23.5 Å². The fourth-order valence-electron chi connectivity index (χ4n) is 2.19. The van der Waals surface area contributed by atoms with Gasteiger partial charge >= 0.3 is 0 Å². The third kappa shape index (κ3) is 3.70. The molecule has 106 valence electrons. The van der Waals surface area contributed by atoms with E-state index in [1.165, 1.54) is 11.1 Å². The smallest absolute Gasteiger partial charge is 0.167 e. The van der Waals surface area contributed by atoms with Crippen molar-refractivity contribution >= 4 is 11.6 Å². The Bertz CT molecular complexity index is 591. The zero-order chi connectivity index (χ0) is 14.7. The highest BCUT2D eigenvalue weighted by Crippen LogP contribution is 2.23. The van der Waals surface area contributed by atoms with Gasteiger partial charge in [-0.25, -0.2) is 9.97 Å². The van der Waals surface area contributed by atoms with Crippen LogP contribution in [-0.4, -0.2) is 9.97 Å². The minimum absolute atomic E-state index is 0.321. The topological polar surface area (TPSA) is 35.0 Å². The van der Waals surface area contributed by atoms with Crippen LogP contribution >= 0.6 is 11.6 Å². The number of benzene rings is 1. The third-order valence-corrected chi connectivity index (χ3v) is 3.29. The van der Waals surface area contributed by atoms with Crippen LogP contribution in [0.4, 0.5) is 0 Å². The number of ether oxygens (including phenoxy) is 1. The Morgan fingerprint density at radius 3 is 2.50 bits per heavy atom. The Morgan fingerprint density at radius 2 is 1.90 bits per heavy atom. The molecule has 0 aliphatic heterocycles. The van der Waals surface area contributed by atoms with Crippen LogP contribution in [0.15, 0.2) is 24.3 Å². The molecule has 0 atom stereocenters. The maximum Gasteiger partial charge on any atom is 0.167 e. The number of hydrogen-bond donors (Lipinski definition) is 0. The second kappa shape index (κ2) is 6.23. The Kier molecular flexibility index (Phi) is 4.61. The number of halogens is 1. The second-order valence-electron chi connectivity index (χ2n) is 5.21. The molecule has 0 unspecified atom stereocenters. The molecule has 3 nitrogen and oxygen atoms in total. The summed E-state index contributed by atoms with van der Waals surface area (Å²) in [6.45, 7) is 8.68. The summed E-state index contributed by atoms with van der Waals surface area (Å²) in [7, 11) is 0. The normalized spacial score (nSPS) is 10.9. The van der Waals surface area contributed by atoms with Gasteiger partial charge in [0.25, 0.3) is 0 Å². The predicted molar refractivity (Wildman–Crippen MR) is 81.4 cm³/mol. The minimum Gasteiger partial charge on any atom is -0.486 e. The van der Waals surface area contributed by atoms with Crippen molar-refractivity contribution in [2.75, 3.05) is 0 Å². The number of rotatable bonds is 4. The van der Waals surface area contributed by atoms with Crippen LogP contribution in [0, 0.1) is 13.8 Å². The lowest BCUT2D eigenvalue weighted by Crippen LogP contribution is -2.03. The molecular formula is C16H19ClN2O. The van der Waals surface area contributed by atoms with Gasteiger partial charge in [-0.3, -0.25) is 0 Å². The highest BCUT2D eigenvalue weighted by molar-refractivity contribution is 6.29. The van der Waals surface area contributed by atoms with Crippen LogP contribution in [0.1, 0.15) is 42.4 Å². The molecule has 0 saturated heterocycles. The number of nitrogens with zero attached hydrogens (tertiary/aromatic N) is 2. The summed E-state index contributed by atoms with van der Waals surface area (Å²) in [4.78, 5) is 8.44. The molecule has 0 bridgehead atoms. The standard InChI is InChI=1S/C16H19ClN2O/c1-10(2)14-6-5-13(7-11(14)3)20-9-16-18-12(4)8-15(17)19-16/h5-8,10H,9H2,1-4H3. The van der Waals surface area contributed by atoms with Crippen LogP contribution in [-0.2, 0) is 6.61 Å². The molecule has 0 amide bonds. The lowest BCUT2D eigenvalue weighted by Gasteiger charge is -2.12. The molecule has 4 heteroatoms. The Hall–Kier alpha value is -1.61. The van der Waals surface area contributed by atoms with Crippen LogP contribution in [0.25, 0.3) is 0 Å². The van der Waals surface area contributed by atoms with E-state index in [2.05, 4.69) is 36.8 Å². The molecule has 0 aliphatic rings. The summed E-state index contributed by atoms with van der Waals surface area (Å²) in [5.74, 6) is 1.94. The van der Waals surface area contributed by atoms with Gasteiger partial charge in [0.2, 0.25) is 0 Å². The fourth-order valence-corrected chi connectivity index (χ4v) is 2.44. The molecule has 2 rings (SSSR count). The molecule has 0 N–H and O–H groups in total. The molecule has 2 aromatic rings. The Morgan fingerprint density at radius 1 is 1.15 bits per heavy atom. The van der Waals surface area contributed by atoms with E-state index in [-0.39, 0.29) is 0 Å². The summed E-state index contributed by atoms with van der Waals surface area (Å²) in [6.07, 6.45) is 0. The van der Waals surface area contributed by atoms with E-state index >= 15 is 0 Å². The van der Waals surface area contributed by atoms with Crippen molar-refractivity contribution in [3.63, 3.8) is 0 Å². The number of aromatic nitrogens is 2. The molecule has 0 saturated carbocycles. The van der Waals surface area contributed by atoms with Crippen molar-refractivity contribution in [1.29, 1.82) is 0 Å². The van der Waals surface area contributed by atoms with E-state index in [1.807, 2.05) is 19.1 Å². The van der Waals surface area contributed by atoms with Gasteiger partial charge < -0.3 is 4.74 Å². The van der Waals surface area contributed by atoms with Crippen molar-refractivity contribution in [3.05, 3.63) is 52.1 Å². The van der Waals surface area contributed by atoms with Crippen molar-refractivity contribution in [3.8, 4) is 5.75 Å². The van der Waals surface area contributed by atoms with Gasteiger partial charge in [0, 0.05) is 5.69 Å². The molecule has 0 radical (unpaired) electrons. The number of hydrogen-bond acceptors (Lipinski definition) is 3. The van der Waals surface area contributed by atoms with Gasteiger partial charge in [0.15, 0.2) is 5.82 Å². The first kappa shape index (κ1) is 14.8. The Balaban J connectivity index is 2.09. The summed E-state index contributed by atoms with van der Waals surface area (Å²) in [5, 5.41) is 0.447. The van der Waals surface area contributed by atoms with Gasteiger partial charge in [-0.15, -0.1) is 0 Å². The molecule has 0 aliphatic carbocycles. The summed E-state index contributed by atoms with van der Waals surface area (Å²) >= 11 is 5.91. The van der Waals surface area contributed by atoms with Crippen molar-refractivity contribution < 1.29 is 4.74 Å². The summed E-state index contributed by atoms with van der Waals surface area (Å²) < 4.78 is 5.73. The molecule has 0 fully saturated rings. The van der Waals surface area contributed by atoms with Crippen LogP contribution < -0.4 is 4.74 Å².